The summed E-state index contributed by atoms with van der Waals surface area (Å²) in [6.07, 6.45) is 4.04. The Morgan fingerprint density at radius 2 is 2.15 bits per heavy atom. The Labute approximate surface area is 156 Å². The molecule has 1 aliphatic rings. The summed E-state index contributed by atoms with van der Waals surface area (Å²) in [6.45, 7) is -0.267. The smallest absolute Gasteiger partial charge is 0.343 e. The number of hydrogen-bond donors (Lipinski definition) is 1. The molecule has 0 spiro atoms. The van der Waals surface area contributed by atoms with E-state index in [2.05, 4.69) is 9.97 Å². The molecule has 0 aliphatic heterocycles. The molecule has 0 saturated carbocycles. The summed E-state index contributed by atoms with van der Waals surface area (Å²) >= 11 is 7.37. The molecule has 1 aliphatic carbocycles. The van der Waals surface area contributed by atoms with E-state index in [9.17, 15) is 14.0 Å². The van der Waals surface area contributed by atoms with Gasteiger partial charge >= 0.3 is 5.97 Å². The van der Waals surface area contributed by atoms with Gasteiger partial charge in [-0.1, -0.05) is 17.7 Å². The Hall–Kier alpha value is -2.25. The van der Waals surface area contributed by atoms with Crippen LogP contribution in [0.25, 0.3) is 10.2 Å². The van der Waals surface area contributed by atoms with Crippen LogP contribution in [0.1, 0.15) is 39.5 Å². The normalized spacial score (nSPS) is 13.6. The second kappa shape index (κ2) is 6.81. The Morgan fingerprint density at radius 1 is 1.35 bits per heavy atom. The van der Waals surface area contributed by atoms with E-state index in [4.69, 9.17) is 16.3 Å². The van der Waals surface area contributed by atoms with Gasteiger partial charge in [0, 0.05) is 4.88 Å². The van der Waals surface area contributed by atoms with E-state index < -0.39 is 11.8 Å². The largest absolute Gasteiger partial charge is 0.454 e. The maximum Gasteiger partial charge on any atom is 0.343 e. The SMILES string of the molecule is O=C(OCc1nc2sc3c(c2c(=O)[nH]1)CCCC3)c1c(F)cccc1Cl. The van der Waals surface area contributed by atoms with Gasteiger partial charge in [-0.05, 0) is 43.4 Å². The predicted octanol–water partition coefficient (Wildman–Crippen LogP) is 4.01. The number of aromatic amines is 1. The van der Waals surface area contributed by atoms with Crippen molar-refractivity contribution in [3.63, 3.8) is 0 Å². The van der Waals surface area contributed by atoms with Gasteiger partial charge in [0.1, 0.15) is 28.6 Å². The fraction of sp³-hybridized carbons (Fsp3) is 0.278. The van der Waals surface area contributed by atoms with Gasteiger partial charge in [0.25, 0.3) is 5.56 Å². The van der Waals surface area contributed by atoms with Crippen LogP contribution in [0.4, 0.5) is 4.39 Å². The summed E-state index contributed by atoms with van der Waals surface area (Å²) in [5.41, 5.74) is 0.528. The molecule has 0 fully saturated rings. The van der Waals surface area contributed by atoms with Crippen molar-refractivity contribution in [1.82, 2.24) is 9.97 Å². The number of aromatic nitrogens is 2. The van der Waals surface area contributed by atoms with Crippen LogP contribution in [0, 0.1) is 5.82 Å². The van der Waals surface area contributed by atoms with E-state index in [-0.39, 0.29) is 28.6 Å². The molecular weight excluding hydrogens is 379 g/mol. The number of nitrogens with one attached hydrogen (secondary N) is 1. The van der Waals surface area contributed by atoms with E-state index >= 15 is 0 Å². The first kappa shape index (κ1) is 17.2. The third kappa shape index (κ3) is 3.01. The molecule has 0 unspecified atom stereocenters. The Balaban J connectivity index is 1.60. The lowest BCUT2D eigenvalue weighted by Crippen LogP contribution is -2.15. The van der Waals surface area contributed by atoms with E-state index in [0.29, 0.717) is 10.2 Å². The first-order valence-electron chi connectivity index (χ1n) is 8.19. The summed E-state index contributed by atoms with van der Waals surface area (Å²) in [7, 11) is 0. The molecule has 1 N–H and O–H groups in total. The monoisotopic (exact) mass is 392 g/mol. The second-order valence-electron chi connectivity index (χ2n) is 6.08. The maximum absolute atomic E-state index is 13.8. The lowest BCUT2D eigenvalue weighted by Gasteiger charge is -2.09. The van der Waals surface area contributed by atoms with Gasteiger partial charge in [-0.25, -0.2) is 14.2 Å². The van der Waals surface area contributed by atoms with Gasteiger partial charge in [-0.2, -0.15) is 0 Å². The van der Waals surface area contributed by atoms with Crippen molar-refractivity contribution in [3.8, 4) is 0 Å². The summed E-state index contributed by atoms with van der Waals surface area (Å²) in [5, 5.41) is 0.606. The average Bonchev–Trinajstić information content (AvgIpc) is 2.98. The molecule has 134 valence electrons. The Morgan fingerprint density at radius 3 is 2.96 bits per heavy atom. The van der Waals surface area contributed by atoms with Crippen LogP contribution in [0.2, 0.25) is 5.02 Å². The number of rotatable bonds is 3. The van der Waals surface area contributed by atoms with Crippen molar-refractivity contribution in [3.05, 3.63) is 61.2 Å². The highest BCUT2D eigenvalue weighted by Crippen LogP contribution is 2.33. The highest BCUT2D eigenvalue weighted by Gasteiger charge is 2.21. The Bertz CT molecular complexity index is 1060. The third-order valence-corrected chi connectivity index (χ3v) is 5.88. The average molecular weight is 393 g/mol. The van der Waals surface area contributed by atoms with Crippen LogP contribution in [0.15, 0.2) is 23.0 Å². The third-order valence-electron chi connectivity index (χ3n) is 4.38. The van der Waals surface area contributed by atoms with E-state index in [1.165, 1.54) is 28.3 Å². The Kier molecular flexibility index (Phi) is 4.50. The van der Waals surface area contributed by atoms with Crippen molar-refractivity contribution in [2.75, 3.05) is 0 Å². The number of halogens is 2. The number of thiophene rings is 1. The summed E-state index contributed by atoms with van der Waals surface area (Å²) in [4.78, 5) is 33.5. The van der Waals surface area contributed by atoms with E-state index in [1.54, 1.807) is 0 Å². The van der Waals surface area contributed by atoms with Crippen LogP contribution in [-0.4, -0.2) is 15.9 Å². The number of ether oxygens (including phenoxy) is 1. The molecular formula is C18H14ClFN2O3S. The van der Waals surface area contributed by atoms with Crippen molar-refractivity contribution in [2.24, 2.45) is 0 Å². The molecule has 8 heteroatoms. The highest BCUT2D eigenvalue weighted by molar-refractivity contribution is 7.18. The minimum absolute atomic E-state index is 0.0298. The van der Waals surface area contributed by atoms with Crippen molar-refractivity contribution in [2.45, 2.75) is 32.3 Å². The molecule has 4 rings (SSSR count). The number of nitrogens with zero attached hydrogens (tertiary/aromatic N) is 1. The number of H-pyrrole nitrogens is 1. The standard InChI is InChI=1S/C18H14ClFN2O3S/c19-10-5-3-6-11(20)15(10)18(24)25-8-13-21-16(23)14-9-4-1-2-7-12(9)26-17(14)22-13/h3,5-6H,1-2,4,7-8H2,(H,21,22,23). The topological polar surface area (TPSA) is 72.0 Å². The predicted molar refractivity (Wildman–Crippen MR) is 97.4 cm³/mol. The van der Waals surface area contributed by atoms with Crippen LogP contribution >= 0.6 is 22.9 Å². The molecule has 0 radical (unpaired) electrons. The van der Waals surface area contributed by atoms with Crippen LogP contribution in [-0.2, 0) is 24.2 Å². The summed E-state index contributed by atoms with van der Waals surface area (Å²) in [6, 6.07) is 3.94. The number of carbonyl (C=O) groups excluding carboxylic acids is 1. The van der Waals surface area contributed by atoms with E-state index in [1.807, 2.05) is 0 Å². The number of hydrogen-bond acceptors (Lipinski definition) is 5. The number of carbonyl (C=O) groups is 1. The van der Waals surface area contributed by atoms with Gasteiger partial charge in [-0.3, -0.25) is 4.79 Å². The molecule has 0 saturated heterocycles. The summed E-state index contributed by atoms with van der Waals surface area (Å²) in [5.74, 6) is -1.44. The molecule has 0 atom stereocenters. The molecule has 5 nitrogen and oxygen atoms in total. The van der Waals surface area contributed by atoms with Gasteiger partial charge in [0.15, 0.2) is 0 Å². The molecule has 2 aromatic heterocycles. The van der Waals surface area contributed by atoms with Gasteiger partial charge in [-0.15, -0.1) is 11.3 Å². The highest BCUT2D eigenvalue weighted by atomic mass is 35.5. The fourth-order valence-electron chi connectivity index (χ4n) is 3.18. The molecule has 26 heavy (non-hydrogen) atoms. The number of esters is 1. The van der Waals surface area contributed by atoms with Crippen molar-refractivity contribution >= 4 is 39.1 Å². The minimum Gasteiger partial charge on any atom is -0.454 e. The quantitative estimate of drug-likeness (QED) is 0.683. The zero-order valence-corrected chi connectivity index (χ0v) is 15.2. The first-order valence-corrected chi connectivity index (χ1v) is 9.38. The zero-order valence-electron chi connectivity index (χ0n) is 13.6. The first-order chi connectivity index (χ1) is 12.5. The molecule has 1 aromatic carbocycles. The van der Waals surface area contributed by atoms with Gasteiger partial charge < -0.3 is 9.72 Å². The molecule has 2 heterocycles. The second-order valence-corrected chi connectivity index (χ2v) is 7.57. The summed E-state index contributed by atoms with van der Waals surface area (Å²) < 4.78 is 18.9. The van der Waals surface area contributed by atoms with Crippen molar-refractivity contribution in [1.29, 1.82) is 0 Å². The van der Waals surface area contributed by atoms with Gasteiger partial charge in [0.2, 0.25) is 0 Å². The lowest BCUT2D eigenvalue weighted by atomic mass is 9.97. The molecule has 3 aromatic rings. The molecule has 0 amide bonds. The number of fused-ring (bicyclic) bond motifs is 3. The van der Waals surface area contributed by atoms with Crippen LogP contribution < -0.4 is 5.56 Å². The zero-order chi connectivity index (χ0) is 18.3. The van der Waals surface area contributed by atoms with Gasteiger partial charge in [0.05, 0.1) is 10.4 Å². The fourth-order valence-corrected chi connectivity index (χ4v) is 4.70. The van der Waals surface area contributed by atoms with Crippen LogP contribution in [0.5, 0.6) is 0 Å². The molecule has 0 bridgehead atoms. The lowest BCUT2D eigenvalue weighted by molar-refractivity contribution is 0.0457. The van der Waals surface area contributed by atoms with E-state index in [0.717, 1.165) is 37.3 Å². The van der Waals surface area contributed by atoms with Crippen molar-refractivity contribution < 1.29 is 13.9 Å². The maximum atomic E-state index is 13.8. The number of aryl methyl sites for hydroxylation is 2. The van der Waals surface area contributed by atoms with Crippen LogP contribution in [0.3, 0.4) is 0 Å². The number of benzene rings is 1. The minimum atomic E-state index is -0.902.